The van der Waals surface area contributed by atoms with Crippen LogP contribution in [0.15, 0.2) is 24.3 Å². The second-order valence-corrected chi connectivity index (χ2v) is 7.86. The third kappa shape index (κ3) is 8.01. The van der Waals surface area contributed by atoms with Crippen LogP contribution in [0.1, 0.15) is 58.9 Å². The fourth-order valence-electron chi connectivity index (χ4n) is 2.45. The molecular formula is C18H31O4P. The first kappa shape index (κ1) is 20.2. The van der Waals surface area contributed by atoms with Crippen LogP contribution in [0.3, 0.4) is 0 Å². The maximum absolute atomic E-state index is 12.2. The summed E-state index contributed by atoms with van der Waals surface area (Å²) in [5.74, 6) is 1.18. The highest BCUT2D eigenvalue weighted by molar-refractivity contribution is 7.47. The maximum atomic E-state index is 12.2. The van der Waals surface area contributed by atoms with Crippen molar-refractivity contribution in [3.05, 3.63) is 29.8 Å². The first-order valence-corrected chi connectivity index (χ1v) is 10.1. The van der Waals surface area contributed by atoms with E-state index in [1.165, 1.54) is 0 Å². The lowest BCUT2D eigenvalue weighted by atomic mass is 10.0. The smallest absolute Gasteiger partial charge is 0.404 e. The lowest BCUT2D eigenvalue weighted by Crippen LogP contribution is -2.10. The molecule has 23 heavy (non-hydrogen) atoms. The molecule has 1 aromatic carbocycles. The van der Waals surface area contributed by atoms with Gasteiger partial charge in [-0.1, -0.05) is 65.2 Å². The number of unbranched alkanes of at least 4 members (excludes halogenated alkanes) is 1. The average Bonchev–Trinajstić information content (AvgIpc) is 2.49. The van der Waals surface area contributed by atoms with E-state index in [-0.39, 0.29) is 6.61 Å². The molecule has 2 atom stereocenters. The molecule has 0 saturated carbocycles. The summed E-state index contributed by atoms with van der Waals surface area (Å²) in [7, 11) is -4.08. The largest absolute Gasteiger partial charge is 0.527 e. The topological polar surface area (TPSA) is 55.8 Å². The van der Waals surface area contributed by atoms with Gasteiger partial charge in [-0.3, -0.25) is 9.42 Å². The third-order valence-electron chi connectivity index (χ3n) is 3.83. The highest BCUT2D eigenvalue weighted by Crippen LogP contribution is 2.45. The van der Waals surface area contributed by atoms with Gasteiger partial charge in [0.25, 0.3) is 0 Å². The fraction of sp³-hybridized carbons (Fsp3) is 0.667. The van der Waals surface area contributed by atoms with Gasteiger partial charge in [0.15, 0.2) is 0 Å². The molecule has 1 N–H and O–H groups in total. The van der Waals surface area contributed by atoms with Gasteiger partial charge in [-0.2, -0.15) is 0 Å². The molecule has 0 aliphatic rings. The van der Waals surface area contributed by atoms with Crippen molar-refractivity contribution < 1.29 is 18.5 Å². The number of para-hydroxylation sites is 1. The standard InChI is InChI=1S/C18H31O4P/c1-5-7-10-16(6-2)14-21-23(19,20)22-18-12-9-8-11-17(18)13-15(3)4/h8-9,11-12,15-16H,5-7,10,13-14H2,1-4H3,(H,19,20). The summed E-state index contributed by atoms with van der Waals surface area (Å²) in [6, 6.07) is 7.35. The van der Waals surface area contributed by atoms with Crippen molar-refractivity contribution >= 4 is 7.82 Å². The number of rotatable bonds is 11. The monoisotopic (exact) mass is 342 g/mol. The molecule has 2 unspecified atom stereocenters. The molecule has 4 nitrogen and oxygen atoms in total. The van der Waals surface area contributed by atoms with Gasteiger partial charge in [-0.25, -0.2) is 4.57 Å². The van der Waals surface area contributed by atoms with Crippen molar-refractivity contribution in [2.75, 3.05) is 6.61 Å². The molecule has 0 heterocycles. The number of phosphoric ester groups is 1. The average molecular weight is 342 g/mol. The van der Waals surface area contributed by atoms with Gasteiger partial charge in [-0.15, -0.1) is 0 Å². The predicted octanol–water partition coefficient (Wildman–Crippen LogP) is 5.60. The van der Waals surface area contributed by atoms with E-state index in [0.29, 0.717) is 17.6 Å². The van der Waals surface area contributed by atoms with E-state index in [1.807, 2.05) is 12.1 Å². The van der Waals surface area contributed by atoms with Crippen molar-refractivity contribution in [3.63, 3.8) is 0 Å². The van der Waals surface area contributed by atoms with Gasteiger partial charge in [0, 0.05) is 0 Å². The normalized spacial score (nSPS) is 15.4. The molecule has 0 spiro atoms. The first-order chi connectivity index (χ1) is 10.9. The van der Waals surface area contributed by atoms with Gasteiger partial charge < -0.3 is 4.52 Å². The summed E-state index contributed by atoms with van der Waals surface area (Å²) in [5.41, 5.74) is 0.929. The molecule has 0 aromatic heterocycles. The predicted molar refractivity (Wildman–Crippen MR) is 94.7 cm³/mol. The van der Waals surface area contributed by atoms with Gasteiger partial charge in [0.05, 0.1) is 6.61 Å². The Hall–Kier alpha value is -0.830. The number of hydrogen-bond donors (Lipinski definition) is 1. The molecule has 0 amide bonds. The Morgan fingerprint density at radius 1 is 1.22 bits per heavy atom. The molecule has 0 radical (unpaired) electrons. The summed E-state index contributed by atoms with van der Waals surface area (Å²) in [6.07, 6.45) is 4.97. The zero-order valence-corrected chi connectivity index (χ0v) is 15.7. The van der Waals surface area contributed by atoms with Gasteiger partial charge in [-0.05, 0) is 36.3 Å². The van der Waals surface area contributed by atoms with Crippen LogP contribution >= 0.6 is 7.82 Å². The highest BCUT2D eigenvalue weighted by Gasteiger charge is 2.25. The quantitative estimate of drug-likeness (QED) is 0.532. The zero-order chi connectivity index (χ0) is 17.3. The lowest BCUT2D eigenvalue weighted by molar-refractivity contribution is 0.165. The summed E-state index contributed by atoms with van der Waals surface area (Å²) < 4.78 is 22.8. The van der Waals surface area contributed by atoms with E-state index in [2.05, 4.69) is 27.7 Å². The third-order valence-corrected chi connectivity index (χ3v) is 4.73. The minimum absolute atomic E-state index is 0.261. The molecule has 0 saturated heterocycles. The van der Waals surface area contributed by atoms with Crippen molar-refractivity contribution in [2.24, 2.45) is 11.8 Å². The summed E-state index contributed by atoms with van der Waals surface area (Å²) in [6.45, 7) is 8.68. The van der Waals surface area contributed by atoms with Crippen molar-refractivity contribution in [2.45, 2.75) is 59.8 Å². The van der Waals surface area contributed by atoms with E-state index in [4.69, 9.17) is 9.05 Å². The Morgan fingerprint density at radius 2 is 1.91 bits per heavy atom. The molecule has 5 heteroatoms. The maximum Gasteiger partial charge on any atom is 0.527 e. The Bertz CT molecular complexity index is 502. The fourth-order valence-corrected chi connectivity index (χ4v) is 3.33. The van der Waals surface area contributed by atoms with Crippen LogP contribution in [-0.4, -0.2) is 11.5 Å². The van der Waals surface area contributed by atoms with Crippen LogP contribution in [-0.2, 0) is 15.5 Å². The molecule has 0 bridgehead atoms. The van der Waals surface area contributed by atoms with E-state index in [1.54, 1.807) is 12.1 Å². The Labute approximate surface area is 140 Å². The second-order valence-electron chi connectivity index (χ2n) is 6.48. The van der Waals surface area contributed by atoms with E-state index in [9.17, 15) is 9.46 Å². The summed E-state index contributed by atoms with van der Waals surface area (Å²) in [5, 5.41) is 0. The van der Waals surface area contributed by atoms with Gasteiger partial charge in [0.2, 0.25) is 0 Å². The molecular weight excluding hydrogens is 311 g/mol. The highest BCUT2D eigenvalue weighted by atomic mass is 31.2. The van der Waals surface area contributed by atoms with E-state index < -0.39 is 7.82 Å². The number of hydrogen-bond acceptors (Lipinski definition) is 3. The van der Waals surface area contributed by atoms with Crippen LogP contribution in [0.2, 0.25) is 0 Å². The molecule has 1 aromatic rings. The van der Waals surface area contributed by atoms with E-state index in [0.717, 1.165) is 37.7 Å². The van der Waals surface area contributed by atoms with Crippen LogP contribution < -0.4 is 4.52 Å². The SMILES string of the molecule is CCCCC(CC)COP(=O)(O)Oc1ccccc1CC(C)C. The van der Waals surface area contributed by atoms with Crippen molar-refractivity contribution in [3.8, 4) is 5.75 Å². The minimum Gasteiger partial charge on any atom is -0.404 e. The molecule has 0 fully saturated rings. The molecule has 132 valence electrons. The molecule has 1 rings (SSSR count). The van der Waals surface area contributed by atoms with E-state index >= 15 is 0 Å². The summed E-state index contributed by atoms with van der Waals surface area (Å²) in [4.78, 5) is 10.0. The van der Waals surface area contributed by atoms with Gasteiger partial charge in [0.1, 0.15) is 5.75 Å². The minimum atomic E-state index is -4.08. The number of phosphoric acid groups is 1. The number of benzene rings is 1. The first-order valence-electron chi connectivity index (χ1n) is 8.62. The van der Waals surface area contributed by atoms with Crippen LogP contribution in [0.4, 0.5) is 0 Å². The molecule has 0 aliphatic heterocycles. The Morgan fingerprint density at radius 3 is 2.52 bits per heavy atom. The van der Waals surface area contributed by atoms with Crippen LogP contribution in [0.25, 0.3) is 0 Å². The Kier molecular flexibility index (Phi) is 8.90. The van der Waals surface area contributed by atoms with Crippen LogP contribution in [0.5, 0.6) is 5.75 Å². The lowest BCUT2D eigenvalue weighted by Gasteiger charge is -2.19. The van der Waals surface area contributed by atoms with Crippen molar-refractivity contribution in [1.82, 2.24) is 0 Å². The van der Waals surface area contributed by atoms with Gasteiger partial charge >= 0.3 is 7.82 Å². The summed E-state index contributed by atoms with van der Waals surface area (Å²) >= 11 is 0. The zero-order valence-electron chi connectivity index (χ0n) is 14.8. The van der Waals surface area contributed by atoms with Crippen molar-refractivity contribution in [1.29, 1.82) is 0 Å². The second kappa shape index (κ2) is 10.1. The van der Waals surface area contributed by atoms with Crippen LogP contribution in [0, 0.1) is 11.8 Å². The Balaban J connectivity index is 2.66. The molecule has 0 aliphatic carbocycles.